The topological polar surface area (TPSA) is 56.1 Å². The Balaban J connectivity index is 1.44. The first-order valence-electron chi connectivity index (χ1n) is 8.74. The molecular formula is C19H21N3O2S2. The molecule has 5 nitrogen and oxygen atoms in total. The van der Waals surface area contributed by atoms with E-state index in [0.717, 1.165) is 53.0 Å². The number of carbonyl (C=O) groups excluding carboxylic acids is 1. The van der Waals surface area contributed by atoms with E-state index >= 15 is 0 Å². The Kier molecular flexibility index (Phi) is 4.91. The molecule has 4 rings (SSSR count). The number of fused-ring (bicyclic) bond motifs is 1. The molecule has 1 N–H and O–H groups in total. The molecule has 2 aromatic rings. The molecular weight excluding hydrogens is 366 g/mol. The number of thioether (sulfide) groups is 1. The SMILES string of the molecule is Cc1ccc(N2CCN(C(=O)c3cc4c(s3)SCCC4=NO)CC2)cc1. The molecule has 0 spiro atoms. The molecule has 1 aromatic carbocycles. The Morgan fingerprint density at radius 2 is 1.88 bits per heavy atom. The van der Waals surface area contributed by atoms with Crippen LogP contribution in [-0.2, 0) is 0 Å². The van der Waals surface area contributed by atoms with E-state index in [9.17, 15) is 10.0 Å². The number of hydrogen-bond acceptors (Lipinski definition) is 6. The molecule has 3 heterocycles. The van der Waals surface area contributed by atoms with Gasteiger partial charge in [0.25, 0.3) is 5.91 Å². The molecule has 0 atom stereocenters. The highest BCUT2D eigenvalue weighted by molar-refractivity contribution is 8.01. The van der Waals surface area contributed by atoms with Crippen LogP contribution < -0.4 is 4.90 Å². The molecule has 2 aliphatic rings. The maximum absolute atomic E-state index is 12.9. The predicted octanol–water partition coefficient (Wildman–Crippen LogP) is 3.69. The zero-order valence-electron chi connectivity index (χ0n) is 14.6. The molecule has 2 aliphatic heterocycles. The van der Waals surface area contributed by atoms with Gasteiger partial charge in [0.05, 0.1) is 14.8 Å². The average Bonchev–Trinajstić information content (AvgIpc) is 3.12. The number of nitrogens with zero attached hydrogens (tertiary/aromatic N) is 3. The molecule has 0 saturated carbocycles. The van der Waals surface area contributed by atoms with Gasteiger partial charge < -0.3 is 15.0 Å². The third-order valence-electron chi connectivity index (χ3n) is 4.88. The average molecular weight is 388 g/mol. The van der Waals surface area contributed by atoms with Crippen molar-refractivity contribution in [2.24, 2.45) is 5.16 Å². The Labute approximate surface area is 161 Å². The first-order chi connectivity index (χ1) is 12.7. The van der Waals surface area contributed by atoms with Crippen molar-refractivity contribution in [2.45, 2.75) is 17.6 Å². The first-order valence-corrected chi connectivity index (χ1v) is 10.5. The fraction of sp³-hybridized carbons (Fsp3) is 0.368. The highest BCUT2D eigenvalue weighted by Gasteiger charge is 2.27. The van der Waals surface area contributed by atoms with Gasteiger partial charge in [0.15, 0.2) is 0 Å². The number of piperazine rings is 1. The molecule has 26 heavy (non-hydrogen) atoms. The van der Waals surface area contributed by atoms with Crippen LogP contribution in [0.25, 0.3) is 0 Å². The van der Waals surface area contributed by atoms with Crippen molar-refractivity contribution >= 4 is 40.4 Å². The lowest BCUT2D eigenvalue weighted by Crippen LogP contribution is -2.48. The minimum absolute atomic E-state index is 0.0887. The van der Waals surface area contributed by atoms with Gasteiger partial charge in [-0.25, -0.2) is 0 Å². The molecule has 1 aromatic heterocycles. The first kappa shape index (κ1) is 17.4. The summed E-state index contributed by atoms with van der Waals surface area (Å²) in [6.45, 7) is 5.23. The second-order valence-electron chi connectivity index (χ2n) is 6.57. The van der Waals surface area contributed by atoms with Gasteiger partial charge in [-0.3, -0.25) is 4.79 Å². The number of rotatable bonds is 2. The van der Waals surface area contributed by atoms with Crippen LogP contribution in [0.2, 0.25) is 0 Å². The fourth-order valence-electron chi connectivity index (χ4n) is 3.35. The zero-order valence-corrected chi connectivity index (χ0v) is 16.3. The Bertz CT molecular complexity index is 837. The lowest BCUT2D eigenvalue weighted by molar-refractivity contribution is 0.0751. The van der Waals surface area contributed by atoms with E-state index in [1.54, 1.807) is 11.8 Å². The van der Waals surface area contributed by atoms with Crippen LogP contribution in [0.15, 0.2) is 39.7 Å². The van der Waals surface area contributed by atoms with E-state index in [1.807, 2.05) is 11.0 Å². The number of hydrogen-bond donors (Lipinski definition) is 1. The van der Waals surface area contributed by atoms with Crippen molar-refractivity contribution in [3.05, 3.63) is 46.3 Å². The third kappa shape index (κ3) is 3.33. The summed E-state index contributed by atoms with van der Waals surface area (Å²) in [6.07, 6.45) is 0.744. The number of anilines is 1. The molecule has 1 saturated heterocycles. The molecule has 0 bridgehead atoms. The maximum Gasteiger partial charge on any atom is 0.264 e. The molecule has 1 fully saturated rings. The second-order valence-corrected chi connectivity index (χ2v) is 8.99. The van der Waals surface area contributed by atoms with Crippen molar-refractivity contribution in [1.82, 2.24) is 4.90 Å². The van der Waals surface area contributed by atoms with E-state index < -0.39 is 0 Å². The van der Waals surface area contributed by atoms with Crippen LogP contribution in [0.3, 0.4) is 0 Å². The van der Waals surface area contributed by atoms with Gasteiger partial charge in [-0.1, -0.05) is 22.9 Å². The zero-order chi connectivity index (χ0) is 18.1. The highest BCUT2D eigenvalue weighted by Crippen LogP contribution is 2.38. The minimum Gasteiger partial charge on any atom is -0.411 e. The van der Waals surface area contributed by atoms with Crippen LogP contribution in [0, 0.1) is 6.92 Å². The fourth-order valence-corrected chi connectivity index (χ4v) is 5.79. The number of aryl methyl sites for hydroxylation is 1. The lowest BCUT2D eigenvalue weighted by Gasteiger charge is -2.36. The van der Waals surface area contributed by atoms with Crippen molar-refractivity contribution in [3.63, 3.8) is 0 Å². The summed E-state index contributed by atoms with van der Waals surface area (Å²) in [7, 11) is 0. The number of benzene rings is 1. The molecule has 0 unspecified atom stereocenters. The largest absolute Gasteiger partial charge is 0.411 e. The van der Waals surface area contributed by atoms with Gasteiger partial charge in [-0.15, -0.1) is 23.1 Å². The Morgan fingerprint density at radius 1 is 1.15 bits per heavy atom. The van der Waals surface area contributed by atoms with E-state index in [4.69, 9.17) is 0 Å². The number of thiophene rings is 1. The Hall–Kier alpha value is -1.99. The standard InChI is InChI=1S/C19H21N3O2S2/c1-13-2-4-14(5-3-13)21-7-9-22(10-8-21)18(23)17-12-15-16(20-24)6-11-25-19(15)26-17/h2-5,12,24H,6-11H2,1H3. The highest BCUT2D eigenvalue weighted by atomic mass is 32.2. The van der Waals surface area contributed by atoms with Crippen LogP contribution >= 0.6 is 23.1 Å². The smallest absolute Gasteiger partial charge is 0.264 e. The summed E-state index contributed by atoms with van der Waals surface area (Å²) < 4.78 is 1.09. The quantitative estimate of drug-likeness (QED) is 0.631. The predicted molar refractivity (Wildman–Crippen MR) is 107 cm³/mol. The van der Waals surface area contributed by atoms with Crippen molar-refractivity contribution < 1.29 is 10.0 Å². The van der Waals surface area contributed by atoms with E-state index in [0.29, 0.717) is 5.71 Å². The van der Waals surface area contributed by atoms with E-state index in [-0.39, 0.29) is 5.91 Å². The number of carbonyl (C=O) groups is 1. The van der Waals surface area contributed by atoms with Crippen molar-refractivity contribution in [1.29, 1.82) is 0 Å². The summed E-state index contributed by atoms with van der Waals surface area (Å²) in [5, 5.41) is 12.6. The number of amides is 1. The van der Waals surface area contributed by atoms with Crippen LogP contribution in [-0.4, -0.2) is 53.7 Å². The van der Waals surface area contributed by atoms with Gasteiger partial charge in [0.2, 0.25) is 0 Å². The molecule has 7 heteroatoms. The monoisotopic (exact) mass is 387 g/mol. The summed E-state index contributed by atoms with van der Waals surface area (Å²) >= 11 is 3.26. The molecule has 1 amide bonds. The summed E-state index contributed by atoms with van der Waals surface area (Å²) in [4.78, 5) is 17.9. The van der Waals surface area contributed by atoms with Gasteiger partial charge in [0, 0.05) is 49.6 Å². The van der Waals surface area contributed by atoms with Gasteiger partial charge >= 0.3 is 0 Å². The van der Waals surface area contributed by atoms with Gasteiger partial charge in [-0.05, 0) is 25.1 Å². The number of oxime groups is 1. The van der Waals surface area contributed by atoms with Crippen molar-refractivity contribution in [2.75, 3.05) is 36.8 Å². The van der Waals surface area contributed by atoms with Crippen LogP contribution in [0.5, 0.6) is 0 Å². The van der Waals surface area contributed by atoms with E-state index in [2.05, 4.69) is 41.2 Å². The van der Waals surface area contributed by atoms with Crippen LogP contribution in [0.4, 0.5) is 5.69 Å². The van der Waals surface area contributed by atoms with Crippen LogP contribution in [0.1, 0.15) is 27.2 Å². The minimum atomic E-state index is 0.0887. The maximum atomic E-state index is 12.9. The molecule has 0 aliphatic carbocycles. The second kappa shape index (κ2) is 7.32. The summed E-state index contributed by atoms with van der Waals surface area (Å²) in [5.41, 5.74) is 4.09. The Morgan fingerprint density at radius 3 is 2.58 bits per heavy atom. The normalized spacial score (nSPS) is 18.9. The van der Waals surface area contributed by atoms with Crippen molar-refractivity contribution in [3.8, 4) is 0 Å². The lowest BCUT2D eigenvalue weighted by atomic mass is 10.1. The van der Waals surface area contributed by atoms with E-state index in [1.165, 1.54) is 22.6 Å². The molecule has 0 radical (unpaired) electrons. The summed E-state index contributed by atoms with van der Waals surface area (Å²) in [5.74, 6) is 0.987. The third-order valence-corrected chi connectivity index (χ3v) is 7.29. The van der Waals surface area contributed by atoms with Gasteiger partial charge in [0.1, 0.15) is 0 Å². The molecule has 136 valence electrons. The summed E-state index contributed by atoms with van der Waals surface area (Å²) in [6, 6.07) is 10.4. The van der Waals surface area contributed by atoms with Gasteiger partial charge in [-0.2, -0.15) is 0 Å².